The third-order valence-electron chi connectivity index (χ3n) is 2.87. The van der Waals surface area contributed by atoms with Crippen LogP contribution in [0, 0.1) is 13.8 Å². The SMILES string of the molecule is Cc1cc(C(=O)N2CCOC(CCl)C2)c(C)o1. The van der Waals surface area contributed by atoms with Crippen LogP contribution in [-0.2, 0) is 4.74 Å². The highest BCUT2D eigenvalue weighted by Crippen LogP contribution is 2.18. The molecule has 0 N–H and O–H groups in total. The number of nitrogens with zero attached hydrogens (tertiary/aromatic N) is 1. The molecule has 0 aromatic carbocycles. The van der Waals surface area contributed by atoms with E-state index in [9.17, 15) is 4.79 Å². The lowest BCUT2D eigenvalue weighted by Gasteiger charge is -2.31. The smallest absolute Gasteiger partial charge is 0.257 e. The second kappa shape index (κ2) is 5.10. The molecule has 5 heteroatoms. The minimum Gasteiger partial charge on any atom is -0.466 e. The molecule has 0 radical (unpaired) electrons. The lowest BCUT2D eigenvalue weighted by molar-refractivity contribution is -0.0108. The fraction of sp³-hybridized carbons (Fsp3) is 0.583. The molecule has 1 aliphatic rings. The number of hydrogen-bond donors (Lipinski definition) is 0. The summed E-state index contributed by atoms with van der Waals surface area (Å²) in [6.07, 6.45) is -0.0670. The average Bonchev–Trinajstić information content (AvgIpc) is 2.67. The molecule has 4 nitrogen and oxygen atoms in total. The first-order chi connectivity index (χ1) is 8.11. The highest BCUT2D eigenvalue weighted by atomic mass is 35.5. The molecule has 0 aliphatic carbocycles. The number of alkyl halides is 1. The second-order valence-electron chi connectivity index (χ2n) is 4.23. The van der Waals surface area contributed by atoms with E-state index in [0.717, 1.165) is 5.76 Å². The molecule has 1 unspecified atom stereocenters. The van der Waals surface area contributed by atoms with Crippen LogP contribution in [0.4, 0.5) is 0 Å². The first-order valence-electron chi connectivity index (χ1n) is 5.65. The number of rotatable bonds is 2. The summed E-state index contributed by atoms with van der Waals surface area (Å²) in [6, 6.07) is 1.78. The summed E-state index contributed by atoms with van der Waals surface area (Å²) in [5, 5.41) is 0. The van der Waals surface area contributed by atoms with Crippen LogP contribution in [0.15, 0.2) is 10.5 Å². The number of hydrogen-bond acceptors (Lipinski definition) is 3. The highest BCUT2D eigenvalue weighted by Gasteiger charge is 2.26. The van der Waals surface area contributed by atoms with Crippen molar-refractivity contribution >= 4 is 17.5 Å². The quantitative estimate of drug-likeness (QED) is 0.761. The van der Waals surface area contributed by atoms with Gasteiger partial charge in [0.25, 0.3) is 5.91 Å². The van der Waals surface area contributed by atoms with Gasteiger partial charge in [-0.2, -0.15) is 0 Å². The Bertz CT molecular complexity index is 416. The molecular formula is C12H16ClNO3. The van der Waals surface area contributed by atoms with Crippen LogP contribution >= 0.6 is 11.6 Å². The maximum absolute atomic E-state index is 12.3. The van der Waals surface area contributed by atoms with Gasteiger partial charge in [0.2, 0.25) is 0 Å². The molecule has 1 aliphatic heterocycles. The topological polar surface area (TPSA) is 42.7 Å². The summed E-state index contributed by atoms with van der Waals surface area (Å²) < 4.78 is 10.8. The zero-order valence-electron chi connectivity index (χ0n) is 10.0. The molecule has 2 heterocycles. The Hall–Kier alpha value is -1.00. The van der Waals surface area contributed by atoms with Gasteiger partial charge in [-0.05, 0) is 19.9 Å². The molecular weight excluding hydrogens is 242 g/mol. The molecule has 2 rings (SSSR count). The number of carbonyl (C=O) groups excluding carboxylic acids is 1. The molecule has 1 aromatic rings. The number of aryl methyl sites for hydroxylation is 2. The molecule has 0 saturated carbocycles. The molecule has 94 valence electrons. The van der Waals surface area contributed by atoms with Crippen molar-refractivity contribution in [2.24, 2.45) is 0 Å². The predicted molar refractivity (Wildman–Crippen MR) is 64.5 cm³/mol. The zero-order chi connectivity index (χ0) is 12.4. The third kappa shape index (κ3) is 2.64. The van der Waals surface area contributed by atoms with Crippen LogP contribution in [0.5, 0.6) is 0 Å². The van der Waals surface area contributed by atoms with Crippen LogP contribution in [0.3, 0.4) is 0 Å². The van der Waals surface area contributed by atoms with E-state index in [1.54, 1.807) is 17.9 Å². The van der Waals surface area contributed by atoms with Crippen molar-refractivity contribution in [1.82, 2.24) is 4.90 Å². The van der Waals surface area contributed by atoms with Gasteiger partial charge in [-0.25, -0.2) is 0 Å². The van der Waals surface area contributed by atoms with Gasteiger partial charge in [-0.1, -0.05) is 0 Å². The predicted octanol–water partition coefficient (Wildman–Crippen LogP) is 1.98. The summed E-state index contributed by atoms with van der Waals surface area (Å²) in [5.41, 5.74) is 0.637. The Labute approximate surface area is 105 Å². The van der Waals surface area contributed by atoms with Crippen molar-refractivity contribution in [2.45, 2.75) is 20.0 Å². The molecule has 0 spiro atoms. The second-order valence-corrected chi connectivity index (χ2v) is 4.53. The Balaban J connectivity index is 2.12. The van der Waals surface area contributed by atoms with Crippen molar-refractivity contribution in [1.29, 1.82) is 0 Å². The number of furan rings is 1. The van der Waals surface area contributed by atoms with E-state index >= 15 is 0 Å². The normalized spacial score (nSPS) is 20.6. The minimum atomic E-state index is -0.0670. The maximum atomic E-state index is 12.3. The number of halogens is 1. The van der Waals surface area contributed by atoms with Gasteiger partial charge in [0, 0.05) is 13.1 Å². The molecule has 1 atom stereocenters. The monoisotopic (exact) mass is 257 g/mol. The van der Waals surface area contributed by atoms with Crippen molar-refractivity contribution in [3.05, 3.63) is 23.2 Å². The Morgan fingerprint density at radius 3 is 2.94 bits per heavy atom. The van der Waals surface area contributed by atoms with Crippen LogP contribution in [-0.4, -0.2) is 42.5 Å². The molecule has 1 fully saturated rings. The number of morpholine rings is 1. The summed E-state index contributed by atoms with van der Waals surface area (Å²) in [6.45, 7) is 5.34. The van der Waals surface area contributed by atoms with E-state index < -0.39 is 0 Å². The van der Waals surface area contributed by atoms with Gasteiger partial charge < -0.3 is 14.1 Å². The van der Waals surface area contributed by atoms with E-state index in [1.165, 1.54) is 0 Å². The van der Waals surface area contributed by atoms with Crippen molar-refractivity contribution in [3.63, 3.8) is 0 Å². The first-order valence-corrected chi connectivity index (χ1v) is 6.19. The highest BCUT2D eigenvalue weighted by molar-refractivity contribution is 6.18. The lowest BCUT2D eigenvalue weighted by atomic mass is 10.2. The van der Waals surface area contributed by atoms with Gasteiger partial charge in [0.15, 0.2) is 0 Å². The lowest BCUT2D eigenvalue weighted by Crippen LogP contribution is -2.46. The number of amides is 1. The van der Waals surface area contributed by atoms with Crippen LogP contribution in [0.25, 0.3) is 0 Å². The number of carbonyl (C=O) groups is 1. The average molecular weight is 258 g/mol. The molecule has 1 saturated heterocycles. The summed E-state index contributed by atoms with van der Waals surface area (Å²) in [7, 11) is 0. The van der Waals surface area contributed by atoms with Crippen LogP contribution < -0.4 is 0 Å². The largest absolute Gasteiger partial charge is 0.466 e. The van der Waals surface area contributed by atoms with Gasteiger partial charge in [0.1, 0.15) is 11.5 Å². The van der Waals surface area contributed by atoms with Gasteiger partial charge in [-0.15, -0.1) is 11.6 Å². The van der Waals surface area contributed by atoms with Crippen LogP contribution in [0.1, 0.15) is 21.9 Å². The van der Waals surface area contributed by atoms with E-state index in [1.807, 2.05) is 6.92 Å². The third-order valence-corrected chi connectivity index (χ3v) is 3.21. The molecule has 1 amide bonds. The Kier molecular flexibility index (Phi) is 3.74. The van der Waals surface area contributed by atoms with Gasteiger partial charge in [-0.3, -0.25) is 4.79 Å². The molecule has 17 heavy (non-hydrogen) atoms. The maximum Gasteiger partial charge on any atom is 0.257 e. The van der Waals surface area contributed by atoms with E-state index in [-0.39, 0.29) is 12.0 Å². The van der Waals surface area contributed by atoms with Gasteiger partial charge >= 0.3 is 0 Å². The van der Waals surface area contributed by atoms with E-state index in [4.69, 9.17) is 20.8 Å². The fourth-order valence-corrected chi connectivity index (χ4v) is 2.20. The van der Waals surface area contributed by atoms with E-state index in [2.05, 4.69) is 0 Å². The number of ether oxygens (including phenoxy) is 1. The fourth-order valence-electron chi connectivity index (χ4n) is 2.01. The Morgan fingerprint density at radius 1 is 1.59 bits per heavy atom. The Morgan fingerprint density at radius 2 is 2.35 bits per heavy atom. The minimum absolute atomic E-state index is 0.00207. The zero-order valence-corrected chi connectivity index (χ0v) is 10.8. The molecule has 0 bridgehead atoms. The standard InChI is InChI=1S/C12H16ClNO3/c1-8-5-11(9(2)17-8)12(15)14-3-4-16-10(6-13)7-14/h5,10H,3-4,6-7H2,1-2H3. The van der Waals surface area contributed by atoms with E-state index in [0.29, 0.717) is 36.9 Å². The van der Waals surface area contributed by atoms with Crippen molar-refractivity contribution < 1.29 is 13.9 Å². The van der Waals surface area contributed by atoms with Crippen molar-refractivity contribution in [2.75, 3.05) is 25.6 Å². The van der Waals surface area contributed by atoms with Crippen molar-refractivity contribution in [3.8, 4) is 0 Å². The summed E-state index contributed by atoms with van der Waals surface area (Å²) in [4.78, 5) is 14.0. The van der Waals surface area contributed by atoms with Crippen LogP contribution in [0.2, 0.25) is 0 Å². The van der Waals surface area contributed by atoms with Gasteiger partial charge in [0.05, 0.1) is 24.2 Å². The first kappa shape index (κ1) is 12.5. The summed E-state index contributed by atoms with van der Waals surface area (Å²) >= 11 is 5.75. The summed E-state index contributed by atoms with van der Waals surface area (Å²) in [5.74, 6) is 1.83. The molecule has 1 aromatic heterocycles.